The van der Waals surface area contributed by atoms with Gasteiger partial charge in [0.25, 0.3) is 0 Å². The van der Waals surface area contributed by atoms with Gasteiger partial charge in [0.1, 0.15) is 0 Å². The molecule has 3 nitrogen and oxygen atoms in total. The highest BCUT2D eigenvalue weighted by molar-refractivity contribution is 6.03. The zero-order valence-corrected chi connectivity index (χ0v) is 25.6. The van der Waals surface area contributed by atoms with Crippen LogP contribution in [0.25, 0.3) is 78.0 Å². The molecule has 0 N–H and O–H groups in total. The van der Waals surface area contributed by atoms with Crippen LogP contribution in [0.5, 0.6) is 0 Å². The lowest BCUT2D eigenvalue weighted by Crippen LogP contribution is -2.00. The highest BCUT2D eigenvalue weighted by Crippen LogP contribution is 2.48. The van der Waals surface area contributed by atoms with Crippen molar-refractivity contribution in [3.8, 4) is 50.2 Å². The summed E-state index contributed by atoms with van der Waals surface area (Å²) in [6.45, 7) is 0. The van der Waals surface area contributed by atoms with Crippen molar-refractivity contribution in [2.75, 3.05) is 0 Å². The third kappa shape index (κ3) is 3.75. The quantitative estimate of drug-likeness (QED) is 0.200. The molecule has 6 aromatic carbocycles. The van der Waals surface area contributed by atoms with Gasteiger partial charge in [-0.1, -0.05) is 129 Å². The van der Waals surface area contributed by atoms with Gasteiger partial charge in [0.15, 0.2) is 0 Å². The number of aromatic nitrogens is 3. The van der Waals surface area contributed by atoms with Crippen LogP contribution in [-0.2, 0) is 6.42 Å². The van der Waals surface area contributed by atoms with E-state index in [4.69, 9.17) is 6.35 Å². The normalized spacial score (nSPS) is 15.2. The first-order chi connectivity index (χ1) is 23.2. The van der Waals surface area contributed by atoms with Crippen molar-refractivity contribution >= 4 is 27.8 Å². The second-order valence-electron chi connectivity index (χ2n) is 12.9. The molecule has 46 heavy (non-hydrogen) atoms. The first-order valence-electron chi connectivity index (χ1n) is 17.0. The Morgan fingerprint density at radius 1 is 0.543 bits per heavy atom. The number of para-hydroxylation sites is 3. The van der Waals surface area contributed by atoms with Crippen molar-refractivity contribution < 1.29 is 1.37 Å². The van der Waals surface area contributed by atoms with Gasteiger partial charge in [-0.25, -0.2) is 4.98 Å². The minimum atomic E-state index is -0.391. The van der Waals surface area contributed by atoms with Crippen molar-refractivity contribution in [3.63, 3.8) is 0 Å². The predicted octanol–water partition coefficient (Wildman–Crippen LogP) is 11.1. The van der Waals surface area contributed by atoms with Crippen LogP contribution in [0.15, 0.2) is 133 Å². The molecule has 1 fully saturated rings. The molecule has 2 heterocycles. The van der Waals surface area contributed by atoms with Gasteiger partial charge in [-0.3, -0.25) is 8.97 Å². The van der Waals surface area contributed by atoms with E-state index >= 15 is 0 Å². The van der Waals surface area contributed by atoms with Gasteiger partial charge in [0, 0.05) is 7.06 Å². The Bertz CT molecular complexity index is 2520. The maximum Gasteiger partial charge on any atom is 0.220 e. The minimum absolute atomic E-state index is 0.391. The fourth-order valence-electron chi connectivity index (χ4n) is 8.19. The van der Waals surface area contributed by atoms with E-state index < -0.39 is 5.89 Å². The predicted molar refractivity (Wildman–Crippen MR) is 190 cm³/mol. The van der Waals surface area contributed by atoms with E-state index in [0.29, 0.717) is 0 Å². The highest BCUT2D eigenvalue weighted by atomic mass is 15.2. The number of hydrogen-bond donors (Lipinski definition) is 0. The first-order valence-corrected chi connectivity index (χ1v) is 16.5. The zero-order valence-electron chi connectivity index (χ0n) is 26.6. The topological polar surface area (TPSA) is 22.2 Å². The number of rotatable bonds is 3. The van der Waals surface area contributed by atoms with Crippen LogP contribution in [0.1, 0.15) is 32.6 Å². The molecule has 10 rings (SSSR count). The SMILES string of the molecule is [2H]C1(Cc2cccc3c2nc2n(-c4ccc5c(c4)-c4ccccc4-c4ccccc4-c4ccccc4-5)c4ccccc4n32)CCCC1. The summed E-state index contributed by atoms with van der Waals surface area (Å²) in [5, 5.41) is 0. The van der Waals surface area contributed by atoms with Crippen LogP contribution < -0.4 is 0 Å². The van der Waals surface area contributed by atoms with Crippen LogP contribution in [0.4, 0.5) is 0 Å². The largest absolute Gasteiger partial charge is 0.278 e. The maximum atomic E-state index is 9.14. The Balaban J connectivity index is 1.25. The molecular weight excluding hydrogens is 558 g/mol. The van der Waals surface area contributed by atoms with E-state index in [-0.39, 0.29) is 0 Å². The molecule has 2 aliphatic carbocycles. The average molecular weight is 593 g/mol. The molecule has 0 amide bonds. The molecule has 8 aromatic rings. The van der Waals surface area contributed by atoms with Gasteiger partial charge >= 0.3 is 0 Å². The van der Waals surface area contributed by atoms with E-state index in [1.807, 2.05) is 0 Å². The van der Waals surface area contributed by atoms with Crippen LogP contribution in [0.3, 0.4) is 0 Å². The smallest absolute Gasteiger partial charge is 0.220 e. The molecular formula is C43H33N3. The van der Waals surface area contributed by atoms with Gasteiger partial charge in [-0.05, 0) is 92.7 Å². The van der Waals surface area contributed by atoms with E-state index in [2.05, 4.69) is 142 Å². The number of nitrogens with zero attached hydrogens (tertiary/aromatic N) is 3. The van der Waals surface area contributed by atoms with Crippen molar-refractivity contribution in [1.29, 1.82) is 0 Å². The summed E-state index contributed by atoms with van der Waals surface area (Å²) >= 11 is 0. The maximum absolute atomic E-state index is 9.14. The molecule has 0 unspecified atom stereocenters. The van der Waals surface area contributed by atoms with Gasteiger partial charge < -0.3 is 0 Å². The second kappa shape index (κ2) is 10.1. The average Bonchev–Trinajstić information content (AvgIpc) is 3.81. The summed E-state index contributed by atoms with van der Waals surface area (Å²) in [7, 11) is 0. The van der Waals surface area contributed by atoms with Crippen LogP contribution in [0.2, 0.25) is 0 Å². The Morgan fingerprint density at radius 2 is 1.07 bits per heavy atom. The van der Waals surface area contributed by atoms with Crippen LogP contribution >= 0.6 is 0 Å². The third-order valence-electron chi connectivity index (χ3n) is 10.3. The van der Waals surface area contributed by atoms with Gasteiger partial charge in [-0.2, -0.15) is 0 Å². The Labute approximate surface area is 269 Å². The first kappa shape index (κ1) is 24.9. The summed E-state index contributed by atoms with van der Waals surface area (Å²) in [5.74, 6) is 0.515. The molecule has 0 atom stereocenters. The molecule has 0 aliphatic heterocycles. The van der Waals surface area contributed by atoms with Crippen molar-refractivity contribution in [3.05, 3.63) is 139 Å². The number of fused-ring (bicyclic) bond motifs is 13. The zero-order chi connectivity index (χ0) is 31.1. The minimum Gasteiger partial charge on any atom is -0.278 e. The molecule has 3 heteroatoms. The third-order valence-corrected chi connectivity index (χ3v) is 10.3. The lowest BCUT2D eigenvalue weighted by atomic mass is 9.81. The van der Waals surface area contributed by atoms with Crippen LogP contribution in [-0.4, -0.2) is 14.0 Å². The summed E-state index contributed by atoms with van der Waals surface area (Å²) < 4.78 is 13.8. The Hall–Kier alpha value is -5.41. The molecule has 0 spiro atoms. The summed E-state index contributed by atoms with van der Waals surface area (Å²) in [6.07, 6.45) is 4.99. The van der Waals surface area contributed by atoms with E-state index in [0.717, 1.165) is 65.6 Å². The molecule has 0 saturated heterocycles. The standard InChI is InChI=1S/C43H33N3/c1-2-13-28(12-1)26-29-14-11-23-41-42(29)44-43-45(39-21-9-10-22-40(39)46(41)43)30-24-25-37-35-19-6-5-17-33(35)31-15-3-4-16-32(31)34-18-7-8-20-36(34)38(37)27-30/h3-11,14-25,27-28H,1-2,12-13,26H2/i28D. The van der Waals surface area contributed by atoms with E-state index in [1.54, 1.807) is 0 Å². The number of benzene rings is 6. The number of imidazole rings is 2. The van der Waals surface area contributed by atoms with Crippen molar-refractivity contribution in [2.24, 2.45) is 5.89 Å². The molecule has 2 aliphatic rings. The Kier molecular flexibility index (Phi) is 5.43. The van der Waals surface area contributed by atoms with E-state index in [1.165, 1.54) is 50.1 Å². The molecule has 1 saturated carbocycles. The van der Waals surface area contributed by atoms with Crippen molar-refractivity contribution in [1.82, 2.24) is 14.0 Å². The van der Waals surface area contributed by atoms with Gasteiger partial charge in [-0.15, -0.1) is 0 Å². The van der Waals surface area contributed by atoms with Gasteiger partial charge in [0.05, 0.1) is 22.1 Å². The lowest BCUT2D eigenvalue weighted by molar-refractivity contribution is 0.548. The molecule has 2 aromatic heterocycles. The fourth-order valence-corrected chi connectivity index (χ4v) is 8.19. The summed E-state index contributed by atoms with van der Waals surface area (Å²) in [4.78, 5) is 5.40. The molecule has 220 valence electrons. The summed E-state index contributed by atoms with van der Waals surface area (Å²) in [6, 6.07) is 48.5. The van der Waals surface area contributed by atoms with Gasteiger partial charge in [0.2, 0.25) is 5.78 Å². The van der Waals surface area contributed by atoms with Crippen LogP contribution in [0, 0.1) is 5.89 Å². The lowest BCUT2D eigenvalue weighted by Gasteiger charge is -2.23. The Morgan fingerprint density at radius 3 is 1.70 bits per heavy atom. The molecule has 0 radical (unpaired) electrons. The fraction of sp³-hybridized carbons (Fsp3) is 0.140. The monoisotopic (exact) mass is 592 g/mol. The number of hydrogen-bond acceptors (Lipinski definition) is 1. The second-order valence-corrected chi connectivity index (χ2v) is 12.9. The summed E-state index contributed by atoms with van der Waals surface area (Å²) in [5.41, 5.74) is 16.6. The van der Waals surface area contributed by atoms with Crippen molar-refractivity contribution in [2.45, 2.75) is 32.1 Å². The molecule has 0 bridgehead atoms. The van der Waals surface area contributed by atoms with E-state index in [9.17, 15) is 0 Å². The highest BCUT2D eigenvalue weighted by Gasteiger charge is 2.24.